The van der Waals surface area contributed by atoms with Gasteiger partial charge in [-0.15, -0.1) is 0 Å². The summed E-state index contributed by atoms with van der Waals surface area (Å²) in [7, 11) is 3.13. The molecule has 1 atom stereocenters. The predicted octanol–water partition coefficient (Wildman–Crippen LogP) is 2.46. The summed E-state index contributed by atoms with van der Waals surface area (Å²) in [5.74, 6) is 0.492. The van der Waals surface area contributed by atoms with Crippen molar-refractivity contribution >= 4 is 29.5 Å². The Morgan fingerprint density at radius 3 is 2.39 bits per heavy atom. The van der Waals surface area contributed by atoms with Gasteiger partial charge in [-0.25, -0.2) is 4.79 Å². The van der Waals surface area contributed by atoms with Crippen molar-refractivity contribution in [2.24, 2.45) is 0 Å². The normalized spacial score (nSPS) is 11.2. The van der Waals surface area contributed by atoms with Crippen molar-refractivity contribution in [3.8, 4) is 11.5 Å². The van der Waals surface area contributed by atoms with Gasteiger partial charge in [0.15, 0.2) is 18.1 Å². The third-order valence-electron chi connectivity index (χ3n) is 4.77. The van der Waals surface area contributed by atoms with Crippen LogP contribution in [0.3, 0.4) is 0 Å². The minimum atomic E-state index is -0.829. The summed E-state index contributed by atoms with van der Waals surface area (Å²) in [5.41, 5.74) is 1.41. The summed E-state index contributed by atoms with van der Waals surface area (Å²) in [5, 5.41) is 5.42. The number of carbonyl (C=O) groups excluding carboxylic acids is 3. The molecular formula is C24H30N2O6S. The summed E-state index contributed by atoms with van der Waals surface area (Å²) < 4.78 is 15.6. The van der Waals surface area contributed by atoms with E-state index in [9.17, 15) is 14.4 Å². The van der Waals surface area contributed by atoms with Gasteiger partial charge in [0.25, 0.3) is 11.8 Å². The van der Waals surface area contributed by atoms with Crippen LogP contribution in [0.4, 0.5) is 0 Å². The van der Waals surface area contributed by atoms with E-state index in [1.54, 1.807) is 62.4 Å². The Morgan fingerprint density at radius 1 is 1.00 bits per heavy atom. The molecule has 9 heteroatoms. The van der Waals surface area contributed by atoms with Crippen molar-refractivity contribution in [2.75, 3.05) is 39.4 Å². The molecule has 8 nitrogen and oxygen atoms in total. The summed E-state index contributed by atoms with van der Waals surface area (Å²) in [4.78, 5) is 37.0. The lowest BCUT2D eigenvalue weighted by atomic mass is 10.1. The van der Waals surface area contributed by atoms with Crippen LogP contribution in [0.25, 0.3) is 0 Å². The molecule has 0 aromatic heterocycles. The number of benzene rings is 2. The van der Waals surface area contributed by atoms with Crippen LogP contribution in [0.1, 0.15) is 22.3 Å². The fraction of sp³-hybridized carbons (Fsp3) is 0.375. The fourth-order valence-electron chi connectivity index (χ4n) is 2.99. The molecule has 0 radical (unpaired) electrons. The van der Waals surface area contributed by atoms with Gasteiger partial charge in [0.2, 0.25) is 0 Å². The number of thioether (sulfide) groups is 1. The molecule has 2 aromatic rings. The lowest BCUT2D eigenvalue weighted by Gasteiger charge is -2.17. The summed E-state index contributed by atoms with van der Waals surface area (Å²) in [6.07, 6.45) is 2.89. The van der Waals surface area contributed by atoms with Gasteiger partial charge in [0.1, 0.15) is 6.04 Å². The summed E-state index contributed by atoms with van der Waals surface area (Å²) in [6, 6.07) is 13.3. The van der Waals surface area contributed by atoms with Crippen molar-refractivity contribution < 1.29 is 28.6 Å². The van der Waals surface area contributed by atoms with E-state index in [4.69, 9.17) is 14.2 Å². The number of amides is 2. The molecule has 2 amide bonds. The maximum atomic E-state index is 12.5. The Balaban J connectivity index is 1.81. The molecular weight excluding hydrogens is 444 g/mol. The van der Waals surface area contributed by atoms with Crippen LogP contribution in [0.15, 0.2) is 48.5 Å². The molecule has 0 aliphatic heterocycles. The average molecular weight is 475 g/mol. The number of methoxy groups -OCH3 is 2. The Hall–Kier alpha value is -3.20. The van der Waals surface area contributed by atoms with Gasteiger partial charge < -0.3 is 24.8 Å². The zero-order chi connectivity index (χ0) is 24.1. The molecule has 2 N–H and O–H groups in total. The van der Waals surface area contributed by atoms with E-state index in [1.165, 1.54) is 0 Å². The Bertz CT molecular complexity index is 922. The third kappa shape index (κ3) is 8.69. The molecule has 0 bridgehead atoms. The number of ether oxygens (including phenoxy) is 3. The van der Waals surface area contributed by atoms with Crippen LogP contribution in [-0.2, 0) is 20.7 Å². The molecule has 0 saturated heterocycles. The van der Waals surface area contributed by atoms with Crippen molar-refractivity contribution in [2.45, 2.75) is 18.9 Å². The predicted molar refractivity (Wildman–Crippen MR) is 128 cm³/mol. The quantitative estimate of drug-likeness (QED) is 0.430. The smallest absolute Gasteiger partial charge is 0.329 e. The van der Waals surface area contributed by atoms with Crippen molar-refractivity contribution in [3.63, 3.8) is 0 Å². The van der Waals surface area contributed by atoms with Gasteiger partial charge in [0, 0.05) is 12.1 Å². The molecule has 0 heterocycles. The van der Waals surface area contributed by atoms with Crippen molar-refractivity contribution in [1.82, 2.24) is 10.6 Å². The molecule has 1 unspecified atom stereocenters. The molecule has 178 valence electrons. The number of carbonyl (C=O) groups is 3. The standard InChI is InChI=1S/C24H30N2O6S/c1-30-20-10-9-17(15-21(20)31-2)11-13-25-22(27)16-32-24(29)19(12-14-33-3)26-23(28)18-7-5-4-6-8-18/h4-10,15,19H,11-14,16H2,1-3H3,(H,25,27)(H,26,28). The second-order valence-corrected chi connectivity index (χ2v) is 8.06. The zero-order valence-corrected chi connectivity index (χ0v) is 19.9. The SMILES string of the molecule is COc1ccc(CCNC(=O)COC(=O)C(CCSC)NC(=O)c2ccccc2)cc1OC. The van der Waals surface area contributed by atoms with E-state index < -0.39 is 24.5 Å². The van der Waals surface area contributed by atoms with E-state index in [1.807, 2.05) is 18.4 Å². The average Bonchev–Trinajstić information content (AvgIpc) is 2.85. The van der Waals surface area contributed by atoms with Gasteiger partial charge in [-0.2, -0.15) is 11.8 Å². The number of nitrogens with one attached hydrogen (secondary N) is 2. The van der Waals surface area contributed by atoms with E-state index >= 15 is 0 Å². The van der Waals surface area contributed by atoms with E-state index in [0.29, 0.717) is 42.2 Å². The number of hydrogen-bond acceptors (Lipinski definition) is 7. The van der Waals surface area contributed by atoms with Gasteiger partial charge >= 0.3 is 5.97 Å². The highest BCUT2D eigenvalue weighted by molar-refractivity contribution is 7.98. The van der Waals surface area contributed by atoms with E-state index in [-0.39, 0.29) is 5.91 Å². The molecule has 2 aromatic carbocycles. The first kappa shape index (κ1) is 26.1. The molecule has 33 heavy (non-hydrogen) atoms. The number of esters is 1. The molecule has 0 spiro atoms. The number of rotatable bonds is 13. The topological polar surface area (TPSA) is 103 Å². The van der Waals surface area contributed by atoms with E-state index in [0.717, 1.165) is 5.56 Å². The molecule has 0 aliphatic rings. The fourth-order valence-corrected chi connectivity index (χ4v) is 3.46. The summed E-state index contributed by atoms with van der Waals surface area (Å²) in [6.45, 7) is -0.0474. The first-order valence-electron chi connectivity index (χ1n) is 10.5. The lowest BCUT2D eigenvalue weighted by Crippen LogP contribution is -2.43. The first-order chi connectivity index (χ1) is 16.0. The molecule has 0 saturated carbocycles. The molecule has 0 aliphatic carbocycles. The monoisotopic (exact) mass is 474 g/mol. The highest BCUT2D eigenvalue weighted by atomic mass is 32.2. The van der Waals surface area contributed by atoms with Crippen LogP contribution >= 0.6 is 11.8 Å². The van der Waals surface area contributed by atoms with Crippen LogP contribution in [0.2, 0.25) is 0 Å². The van der Waals surface area contributed by atoms with Crippen LogP contribution in [-0.4, -0.2) is 63.2 Å². The van der Waals surface area contributed by atoms with Gasteiger partial charge in [0.05, 0.1) is 14.2 Å². The van der Waals surface area contributed by atoms with Crippen molar-refractivity contribution in [3.05, 3.63) is 59.7 Å². The van der Waals surface area contributed by atoms with E-state index in [2.05, 4.69) is 10.6 Å². The molecule has 0 fully saturated rings. The highest BCUT2D eigenvalue weighted by Crippen LogP contribution is 2.27. The maximum absolute atomic E-state index is 12.5. The minimum Gasteiger partial charge on any atom is -0.493 e. The van der Waals surface area contributed by atoms with Crippen LogP contribution in [0.5, 0.6) is 11.5 Å². The van der Waals surface area contributed by atoms with Gasteiger partial charge in [-0.3, -0.25) is 9.59 Å². The third-order valence-corrected chi connectivity index (χ3v) is 5.41. The number of hydrogen-bond donors (Lipinski definition) is 2. The largest absolute Gasteiger partial charge is 0.493 e. The second-order valence-electron chi connectivity index (χ2n) is 7.07. The second kappa shape index (κ2) is 14.1. The minimum absolute atomic E-state index is 0.363. The highest BCUT2D eigenvalue weighted by Gasteiger charge is 2.23. The Kier molecular flexibility index (Phi) is 11.1. The lowest BCUT2D eigenvalue weighted by molar-refractivity contribution is -0.150. The zero-order valence-electron chi connectivity index (χ0n) is 19.1. The molecule has 2 rings (SSSR count). The van der Waals surface area contributed by atoms with Gasteiger partial charge in [-0.05, 0) is 54.7 Å². The van der Waals surface area contributed by atoms with Gasteiger partial charge in [-0.1, -0.05) is 24.3 Å². The summed E-state index contributed by atoms with van der Waals surface area (Å²) >= 11 is 1.55. The Morgan fingerprint density at radius 2 is 1.73 bits per heavy atom. The van der Waals surface area contributed by atoms with Crippen molar-refractivity contribution in [1.29, 1.82) is 0 Å². The Labute approximate surface area is 198 Å². The van der Waals surface area contributed by atoms with Crippen LogP contribution < -0.4 is 20.1 Å². The first-order valence-corrected chi connectivity index (χ1v) is 11.9. The maximum Gasteiger partial charge on any atom is 0.329 e. The van der Waals surface area contributed by atoms with Crippen LogP contribution in [0, 0.1) is 0 Å².